The highest BCUT2D eigenvalue weighted by atomic mass is 16.5. The van der Waals surface area contributed by atoms with Gasteiger partial charge in [-0.25, -0.2) is 0 Å². The van der Waals surface area contributed by atoms with Crippen LogP contribution < -0.4 is 19.7 Å². The summed E-state index contributed by atoms with van der Waals surface area (Å²) in [5.41, 5.74) is 2.45. The Bertz CT molecular complexity index is 1050. The number of nitrogens with zero attached hydrogens (tertiary/aromatic N) is 1. The van der Waals surface area contributed by atoms with Gasteiger partial charge in [0.1, 0.15) is 11.5 Å². The van der Waals surface area contributed by atoms with Gasteiger partial charge in [-0.2, -0.15) is 0 Å². The summed E-state index contributed by atoms with van der Waals surface area (Å²) < 4.78 is 15.9. The SMILES string of the molecule is COc1cccc(OCC(=O)Nc2ccc3c(c2)N(C(=O)c2ccco2)CCC3)c1. The van der Waals surface area contributed by atoms with Crippen molar-refractivity contribution in [2.24, 2.45) is 0 Å². The molecule has 2 heterocycles. The molecule has 4 rings (SSSR count). The number of furan rings is 1. The summed E-state index contributed by atoms with van der Waals surface area (Å²) in [5, 5.41) is 2.83. The molecule has 7 heteroatoms. The van der Waals surface area contributed by atoms with E-state index in [0.29, 0.717) is 29.5 Å². The average molecular weight is 406 g/mol. The fraction of sp³-hybridized carbons (Fsp3) is 0.217. The fourth-order valence-corrected chi connectivity index (χ4v) is 3.43. The molecular weight excluding hydrogens is 384 g/mol. The van der Waals surface area contributed by atoms with Gasteiger partial charge in [-0.3, -0.25) is 9.59 Å². The van der Waals surface area contributed by atoms with Crippen molar-refractivity contribution in [2.75, 3.05) is 30.5 Å². The minimum absolute atomic E-state index is 0.140. The second-order valence-electron chi connectivity index (χ2n) is 6.90. The molecule has 154 valence electrons. The first-order valence-corrected chi connectivity index (χ1v) is 9.69. The van der Waals surface area contributed by atoms with Gasteiger partial charge < -0.3 is 24.1 Å². The second kappa shape index (κ2) is 8.73. The summed E-state index contributed by atoms with van der Waals surface area (Å²) in [6.07, 6.45) is 3.24. The Hall–Kier alpha value is -3.74. The van der Waals surface area contributed by atoms with E-state index in [2.05, 4.69) is 5.32 Å². The Kier molecular flexibility index (Phi) is 5.70. The Morgan fingerprint density at radius 1 is 1.10 bits per heavy atom. The lowest BCUT2D eigenvalue weighted by Crippen LogP contribution is -2.35. The third kappa shape index (κ3) is 4.30. The molecule has 0 spiro atoms. The van der Waals surface area contributed by atoms with E-state index in [9.17, 15) is 9.59 Å². The van der Waals surface area contributed by atoms with Crippen LogP contribution in [0.25, 0.3) is 0 Å². The third-order valence-corrected chi connectivity index (χ3v) is 4.88. The molecule has 0 saturated carbocycles. The number of fused-ring (bicyclic) bond motifs is 1. The molecule has 0 bridgehead atoms. The van der Waals surface area contributed by atoms with Gasteiger partial charge in [0.15, 0.2) is 12.4 Å². The maximum atomic E-state index is 12.8. The van der Waals surface area contributed by atoms with Crippen molar-refractivity contribution < 1.29 is 23.5 Å². The number of amides is 2. The molecule has 0 unspecified atom stereocenters. The average Bonchev–Trinajstić information content (AvgIpc) is 3.32. The largest absolute Gasteiger partial charge is 0.497 e. The van der Waals surface area contributed by atoms with E-state index >= 15 is 0 Å². The minimum Gasteiger partial charge on any atom is -0.497 e. The van der Waals surface area contributed by atoms with Crippen molar-refractivity contribution in [3.05, 3.63) is 72.2 Å². The van der Waals surface area contributed by atoms with E-state index in [4.69, 9.17) is 13.9 Å². The van der Waals surface area contributed by atoms with Gasteiger partial charge in [-0.15, -0.1) is 0 Å². The van der Waals surface area contributed by atoms with Crippen molar-refractivity contribution in [3.63, 3.8) is 0 Å². The minimum atomic E-state index is -0.294. The Balaban J connectivity index is 1.44. The van der Waals surface area contributed by atoms with Gasteiger partial charge in [0, 0.05) is 24.0 Å². The molecule has 1 aliphatic heterocycles. The normalized spacial score (nSPS) is 12.8. The van der Waals surface area contributed by atoms with Crippen molar-refractivity contribution in [1.29, 1.82) is 0 Å². The van der Waals surface area contributed by atoms with E-state index in [-0.39, 0.29) is 18.4 Å². The predicted molar refractivity (Wildman–Crippen MR) is 112 cm³/mol. The lowest BCUT2D eigenvalue weighted by Gasteiger charge is -2.29. The zero-order valence-electron chi connectivity index (χ0n) is 16.6. The number of benzene rings is 2. The number of rotatable bonds is 6. The van der Waals surface area contributed by atoms with Crippen LogP contribution in [0.5, 0.6) is 11.5 Å². The van der Waals surface area contributed by atoms with Crippen LogP contribution in [-0.2, 0) is 11.2 Å². The summed E-state index contributed by atoms with van der Waals surface area (Å²) in [6.45, 7) is 0.460. The van der Waals surface area contributed by atoms with E-state index < -0.39 is 0 Å². The predicted octanol–water partition coefficient (Wildman–Crippen LogP) is 3.90. The molecule has 2 amide bonds. The highest BCUT2D eigenvalue weighted by Gasteiger charge is 2.25. The van der Waals surface area contributed by atoms with Crippen LogP contribution in [0.1, 0.15) is 22.5 Å². The number of aryl methyl sites for hydroxylation is 1. The molecule has 0 saturated heterocycles. The summed E-state index contributed by atoms with van der Waals surface area (Å²) in [4.78, 5) is 26.8. The number of hydrogen-bond acceptors (Lipinski definition) is 5. The third-order valence-electron chi connectivity index (χ3n) is 4.88. The first kappa shape index (κ1) is 19.6. The van der Waals surface area contributed by atoms with Crippen LogP contribution in [0.4, 0.5) is 11.4 Å². The number of carbonyl (C=O) groups is 2. The zero-order chi connectivity index (χ0) is 20.9. The van der Waals surface area contributed by atoms with Crippen molar-refractivity contribution in [1.82, 2.24) is 0 Å². The summed E-state index contributed by atoms with van der Waals surface area (Å²) >= 11 is 0. The van der Waals surface area contributed by atoms with Crippen LogP contribution in [0, 0.1) is 0 Å². The molecule has 2 aromatic carbocycles. The number of methoxy groups -OCH3 is 1. The highest BCUT2D eigenvalue weighted by molar-refractivity contribution is 6.05. The van der Waals surface area contributed by atoms with Gasteiger partial charge in [0.05, 0.1) is 13.4 Å². The molecule has 0 aliphatic carbocycles. The maximum absolute atomic E-state index is 12.8. The van der Waals surface area contributed by atoms with Gasteiger partial charge in [-0.1, -0.05) is 12.1 Å². The molecule has 1 aliphatic rings. The molecule has 1 aromatic heterocycles. The molecule has 30 heavy (non-hydrogen) atoms. The van der Waals surface area contributed by atoms with Crippen LogP contribution in [-0.4, -0.2) is 32.1 Å². The fourth-order valence-electron chi connectivity index (χ4n) is 3.43. The lowest BCUT2D eigenvalue weighted by molar-refractivity contribution is -0.118. The molecule has 0 radical (unpaired) electrons. The summed E-state index contributed by atoms with van der Waals surface area (Å²) in [5.74, 6) is 1.02. The molecular formula is C23H22N2O5. The van der Waals surface area contributed by atoms with E-state index in [1.807, 2.05) is 18.2 Å². The maximum Gasteiger partial charge on any atom is 0.293 e. The zero-order valence-corrected chi connectivity index (χ0v) is 16.6. The lowest BCUT2D eigenvalue weighted by atomic mass is 10.0. The standard InChI is InChI=1S/C23H22N2O5/c1-28-18-6-2-7-19(14-18)30-15-22(26)24-17-10-9-16-5-3-11-25(20(16)13-17)23(27)21-8-4-12-29-21/h2,4,6-10,12-14H,3,5,11,15H2,1H3,(H,24,26). The first-order chi connectivity index (χ1) is 14.6. The second-order valence-corrected chi connectivity index (χ2v) is 6.90. The molecule has 0 fully saturated rings. The molecule has 0 atom stereocenters. The van der Waals surface area contributed by atoms with Gasteiger partial charge in [0.25, 0.3) is 11.8 Å². The Morgan fingerprint density at radius 3 is 2.77 bits per heavy atom. The summed E-state index contributed by atoms with van der Waals surface area (Å²) in [6, 6.07) is 16.0. The molecule has 1 N–H and O–H groups in total. The molecule has 3 aromatic rings. The number of ether oxygens (including phenoxy) is 2. The number of anilines is 2. The smallest absolute Gasteiger partial charge is 0.293 e. The van der Waals surface area contributed by atoms with Gasteiger partial charge in [-0.05, 0) is 54.8 Å². The first-order valence-electron chi connectivity index (χ1n) is 9.69. The number of carbonyl (C=O) groups excluding carboxylic acids is 2. The number of hydrogen-bond donors (Lipinski definition) is 1. The van der Waals surface area contributed by atoms with Crippen LogP contribution in [0.2, 0.25) is 0 Å². The van der Waals surface area contributed by atoms with Crippen molar-refractivity contribution in [2.45, 2.75) is 12.8 Å². The monoisotopic (exact) mass is 406 g/mol. The molecule has 7 nitrogen and oxygen atoms in total. The Labute approximate surface area is 174 Å². The number of nitrogens with one attached hydrogen (secondary N) is 1. The Morgan fingerprint density at radius 2 is 1.97 bits per heavy atom. The quantitative estimate of drug-likeness (QED) is 0.672. The van der Waals surface area contributed by atoms with E-state index in [1.54, 1.807) is 48.4 Å². The van der Waals surface area contributed by atoms with E-state index in [0.717, 1.165) is 24.1 Å². The van der Waals surface area contributed by atoms with Crippen LogP contribution in [0.15, 0.2) is 65.3 Å². The topological polar surface area (TPSA) is 81.0 Å². The highest BCUT2D eigenvalue weighted by Crippen LogP contribution is 2.31. The van der Waals surface area contributed by atoms with Gasteiger partial charge in [0.2, 0.25) is 0 Å². The van der Waals surface area contributed by atoms with Crippen molar-refractivity contribution >= 4 is 23.2 Å². The van der Waals surface area contributed by atoms with Crippen LogP contribution >= 0.6 is 0 Å². The summed E-state index contributed by atoms with van der Waals surface area (Å²) in [7, 11) is 1.57. The van der Waals surface area contributed by atoms with E-state index in [1.165, 1.54) is 6.26 Å². The van der Waals surface area contributed by atoms with Crippen LogP contribution in [0.3, 0.4) is 0 Å². The van der Waals surface area contributed by atoms with Crippen molar-refractivity contribution in [3.8, 4) is 11.5 Å². The van der Waals surface area contributed by atoms with Gasteiger partial charge >= 0.3 is 0 Å².